The molecule has 1 aromatic rings. The lowest BCUT2D eigenvalue weighted by molar-refractivity contribution is -0.148. The largest absolute Gasteiger partial charge is 0.464 e. The van der Waals surface area contributed by atoms with E-state index >= 15 is 0 Å². The van der Waals surface area contributed by atoms with Crippen LogP contribution < -0.4 is 5.32 Å². The van der Waals surface area contributed by atoms with E-state index in [0.29, 0.717) is 25.5 Å². The van der Waals surface area contributed by atoms with Gasteiger partial charge in [0.25, 0.3) is 0 Å². The minimum Gasteiger partial charge on any atom is -0.464 e. The lowest BCUT2D eigenvalue weighted by Crippen LogP contribution is -2.47. The standard InChI is InChI=1S/C18H22N2O3/c1-2-23-17(22)18(7-8-18)19-16(21)15-11-20(15)14-9-12-5-3-4-6-13(12)10-14/h3-6,14-15H,2,7-11H2,1H3,(H,19,21). The highest BCUT2D eigenvalue weighted by atomic mass is 16.5. The third-order valence-electron chi connectivity index (χ3n) is 5.23. The molecule has 2 fully saturated rings. The molecular weight excluding hydrogens is 292 g/mol. The Hall–Kier alpha value is -1.88. The average molecular weight is 314 g/mol. The van der Waals surface area contributed by atoms with E-state index in [1.165, 1.54) is 11.1 Å². The number of ether oxygens (including phenoxy) is 1. The highest BCUT2D eigenvalue weighted by Gasteiger charge is 2.56. The molecule has 1 heterocycles. The van der Waals surface area contributed by atoms with Crippen LogP contribution >= 0.6 is 0 Å². The Morgan fingerprint density at radius 1 is 1.26 bits per heavy atom. The van der Waals surface area contributed by atoms with Crippen molar-refractivity contribution in [1.82, 2.24) is 10.2 Å². The highest BCUT2D eigenvalue weighted by Crippen LogP contribution is 2.38. The number of hydrogen-bond acceptors (Lipinski definition) is 4. The first-order valence-electron chi connectivity index (χ1n) is 8.45. The molecule has 2 aliphatic carbocycles. The molecule has 0 aromatic heterocycles. The van der Waals surface area contributed by atoms with Crippen LogP contribution in [0.25, 0.3) is 0 Å². The number of nitrogens with one attached hydrogen (secondary N) is 1. The molecule has 5 nitrogen and oxygen atoms in total. The molecule has 1 saturated heterocycles. The number of amides is 1. The summed E-state index contributed by atoms with van der Waals surface area (Å²) in [6, 6.07) is 8.83. The first kappa shape index (κ1) is 14.7. The second-order valence-corrected chi connectivity index (χ2v) is 6.84. The van der Waals surface area contributed by atoms with Gasteiger partial charge in [-0.3, -0.25) is 9.69 Å². The Bertz CT molecular complexity index is 628. The second-order valence-electron chi connectivity index (χ2n) is 6.84. The highest BCUT2D eigenvalue weighted by molar-refractivity contribution is 5.93. The van der Waals surface area contributed by atoms with Crippen LogP contribution in [-0.2, 0) is 27.2 Å². The molecule has 0 bridgehead atoms. The number of carbonyl (C=O) groups is 2. The fourth-order valence-corrected chi connectivity index (χ4v) is 3.65. The Balaban J connectivity index is 1.34. The maximum absolute atomic E-state index is 12.4. The molecule has 0 radical (unpaired) electrons. The molecule has 0 spiro atoms. The lowest BCUT2D eigenvalue weighted by Gasteiger charge is -2.17. The number of fused-ring (bicyclic) bond motifs is 1. The number of carbonyl (C=O) groups excluding carboxylic acids is 2. The Labute approximate surface area is 136 Å². The zero-order valence-electron chi connectivity index (χ0n) is 13.4. The quantitative estimate of drug-likeness (QED) is 0.652. The summed E-state index contributed by atoms with van der Waals surface area (Å²) in [5.41, 5.74) is 2.06. The van der Waals surface area contributed by atoms with E-state index in [4.69, 9.17) is 4.74 Å². The van der Waals surface area contributed by atoms with E-state index in [2.05, 4.69) is 34.5 Å². The fraction of sp³-hybridized carbons (Fsp3) is 0.556. The van der Waals surface area contributed by atoms with Crippen LogP contribution in [0, 0.1) is 0 Å². The molecule has 23 heavy (non-hydrogen) atoms. The molecule has 5 heteroatoms. The van der Waals surface area contributed by atoms with Gasteiger partial charge >= 0.3 is 5.97 Å². The molecule has 1 amide bonds. The van der Waals surface area contributed by atoms with Crippen molar-refractivity contribution in [2.24, 2.45) is 0 Å². The van der Waals surface area contributed by atoms with Crippen LogP contribution in [0.5, 0.6) is 0 Å². The zero-order valence-corrected chi connectivity index (χ0v) is 13.4. The summed E-state index contributed by atoms with van der Waals surface area (Å²) in [4.78, 5) is 26.6. The number of esters is 1. The van der Waals surface area contributed by atoms with Crippen molar-refractivity contribution >= 4 is 11.9 Å². The van der Waals surface area contributed by atoms with E-state index in [-0.39, 0.29) is 17.9 Å². The lowest BCUT2D eigenvalue weighted by atomic mass is 10.1. The van der Waals surface area contributed by atoms with E-state index < -0.39 is 5.54 Å². The van der Waals surface area contributed by atoms with Crippen molar-refractivity contribution in [2.75, 3.05) is 13.2 Å². The number of nitrogens with zero attached hydrogens (tertiary/aromatic N) is 1. The first-order valence-corrected chi connectivity index (χ1v) is 8.45. The van der Waals surface area contributed by atoms with Gasteiger partial charge in [-0.15, -0.1) is 0 Å². The van der Waals surface area contributed by atoms with Gasteiger partial charge in [-0.05, 0) is 43.7 Å². The third-order valence-corrected chi connectivity index (χ3v) is 5.23. The Morgan fingerprint density at radius 2 is 1.91 bits per heavy atom. The van der Waals surface area contributed by atoms with Crippen LogP contribution in [0.2, 0.25) is 0 Å². The molecule has 1 aromatic carbocycles. The van der Waals surface area contributed by atoms with Crippen LogP contribution in [0.3, 0.4) is 0 Å². The predicted octanol–water partition coefficient (Wildman–Crippen LogP) is 1.05. The normalized spacial score (nSPS) is 27.2. The molecule has 2 atom stereocenters. The number of hydrogen-bond donors (Lipinski definition) is 1. The molecule has 1 aliphatic heterocycles. The van der Waals surface area contributed by atoms with Crippen molar-refractivity contribution in [1.29, 1.82) is 0 Å². The molecule has 1 saturated carbocycles. The molecule has 4 rings (SSSR count). The summed E-state index contributed by atoms with van der Waals surface area (Å²) in [5, 5.41) is 2.93. The maximum Gasteiger partial charge on any atom is 0.331 e. The third kappa shape index (κ3) is 2.63. The van der Waals surface area contributed by atoms with Crippen LogP contribution in [0.15, 0.2) is 24.3 Å². The summed E-state index contributed by atoms with van der Waals surface area (Å²) >= 11 is 0. The van der Waals surface area contributed by atoms with Gasteiger partial charge in [-0.1, -0.05) is 24.3 Å². The molecule has 1 N–H and O–H groups in total. The van der Waals surface area contributed by atoms with Gasteiger partial charge < -0.3 is 10.1 Å². The van der Waals surface area contributed by atoms with Crippen LogP contribution in [0.1, 0.15) is 30.9 Å². The number of benzene rings is 1. The smallest absolute Gasteiger partial charge is 0.331 e. The number of rotatable bonds is 5. The fourth-order valence-electron chi connectivity index (χ4n) is 3.65. The van der Waals surface area contributed by atoms with Crippen molar-refractivity contribution in [3.8, 4) is 0 Å². The predicted molar refractivity (Wildman–Crippen MR) is 84.9 cm³/mol. The minimum atomic E-state index is -0.736. The Morgan fingerprint density at radius 3 is 2.48 bits per heavy atom. The van der Waals surface area contributed by atoms with Crippen LogP contribution in [-0.4, -0.2) is 47.6 Å². The van der Waals surface area contributed by atoms with Gasteiger partial charge in [0.05, 0.1) is 6.61 Å². The second kappa shape index (κ2) is 5.34. The molecular formula is C18H22N2O3. The average Bonchev–Trinajstić information content (AvgIpc) is 3.45. The van der Waals surface area contributed by atoms with Crippen molar-refractivity contribution in [3.05, 3.63) is 35.4 Å². The van der Waals surface area contributed by atoms with Crippen molar-refractivity contribution < 1.29 is 14.3 Å². The van der Waals surface area contributed by atoms with Gasteiger partial charge in [0.1, 0.15) is 11.6 Å². The Kier molecular flexibility index (Phi) is 3.41. The van der Waals surface area contributed by atoms with Gasteiger partial charge in [-0.2, -0.15) is 0 Å². The van der Waals surface area contributed by atoms with Crippen LogP contribution in [0.4, 0.5) is 0 Å². The summed E-state index contributed by atoms with van der Waals surface area (Å²) in [7, 11) is 0. The molecule has 2 unspecified atom stereocenters. The summed E-state index contributed by atoms with van der Waals surface area (Å²) < 4.78 is 5.07. The van der Waals surface area contributed by atoms with Gasteiger partial charge in [-0.25, -0.2) is 4.79 Å². The van der Waals surface area contributed by atoms with Gasteiger partial charge in [0, 0.05) is 12.6 Å². The van der Waals surface area contributed by atoms with Gasteiger partial charge in [0.15, 0.2) is 0 Å². The summed E-state index contributed by atoms with van der Waals surface area (Å²) in [6.07, 6.45) is 3.42. The van der Waals surface area contributed by atoms with Crippen molar-refractivity contribution in [2.45, 2.75) is 50.2 Å². The summed E-state index contributed by atoms with van der Waals surface area (Å²) in [6.45, 7) is 2.94. The maximum atomic E-state index is 12.4. The van der Waals surface area contributed by atoms with E-state index in [9.17, 15) is 9.59 Å². The SMILES string of the molecule is CCOC(=O)C1(NC(=O)C2CN2C2Cc3ccccc3C2)CC1. The van der Waals surface area contributed by atoms with Gasteiger partial charge in [0.2, 0.25) is 5.91 Å². The first-order chi connectivity index (χ1) is 11.1. The molecule has 122 valence electrons. The van der Waals surface area contributed by atoms with E-state index in [0.717, 1.165) is 19.4 Å². The van der Waals surface area contributed by atoms with E-state index in [1.54, 1.807) is 6.92 Å². The van der Waals surface area contributed by atoms with Crippen molar-refractivity contribution in [3.63, 3.8) is 0 Å². The van der Waals surface area contributed by atoms with E-state index in [1.807, 2.05) is 0 Å². The summed E-state index contributed by atoms with van der Waals surface area (Å²) in [5.74, 6) is -0.305. The minimum absolute atomic E-state index is 0.0218. The molecule has 3 aliphatic rings. The monoisotopic (exact) mass is 314 g/mol. The topological polar surface area (TPSA) is 58.4 Å². The zero-order chi connectivity index (χ0) is 16.0.